The highest BCUT2D eigenvalue weighted by Crippen LogP contribution is 2.28. The van der Waals surface area contributed by atoms with Crippen molar-refractivity contribution >= 4 is 51.9 Å². The number of carbonyl (C=O) groups is 1. The number of para-hydroxylation sites is 1. The summed E-state index contributed by atoms with van der Waals surface area (Å²) in [7, 11) is 0. The third-order valence-corrected chi connectivity index (χ3v) is 7.59. The summed E-state index contributed by atoms with van der Waals surface area (Å²) in [5, 5.41) is 29.2. The van der Waals surface area contributed by atoms with Crippen LogP contribution in [0.5, 0.6) is 5.75 Å². The van der Waals surface area contributed by atoms with Crippen LogP contribution in [-0.2, 0) is 11.3 Å². The van der Waals surface area contributed by atoms with Gasteiger partial charge in [-0.1, -0.05) is 71.9 Å². The van der Waals surface area contributed by atoms with Gasteiger partial charge in [0.1, 0.15) is 5.75 Å². The largest absolute Gasteiger partial charge is 0.507 e. The molecule has 0 spiro atoms. The second-order valence-electron chi connectivity index (χ2n) is 9.10. The van der Waals surface area contributed by atoms with Crippen LogP contribution in [0.1, 0.15) is 23.9 Å². The van der Waals surface area contributed by atoms with Gasteiger partial charge in [0.05, 0.1) is 18.0 Å². The van der Waals surface area contributed by atoms with E-state index < -0.39 is 5.25 Å². The number of nitrogens with zero attached hydrogens (tertiary/aromatic N) is 4. The lowest BCUT2D eigenvalue weighted by Gasteiger charge is -2.14. The average Bonchev–Trinajstić information content (AvgIpc) is 3.36. The van der Waals surface area contributed by atoms with E-state index in [2.05, 4.69) is 26.0 Å². The molecule has 1 amide bonds. The number of phenols is 1. The molecule has 0 saturated heterocycles. The zero-order valence-electron chi connectivity index (χ0n) is 21.9. The molecular weight excluding hydrogens is 544 g/mol. The van der Waals surface area contributed by atoms with Crippen molar-refractivity contribution in [2.75, 3.05) is 5.32 Å². The van der Waals surface area contributed by atoms with Crippen LogP contribution in [0.25, 0.3) is 16.5 Å². The van der Waals surface area contributed by atoms with Crippen molar-refractivity contribution in [1.82, 2.24) is 20.2 Å². The van der Waals surface area contributed by atoms with Crippen LogP contribution in [0.2, 0.25) is 5.02 Å². The van der Waals surface area contributed by atoms with Gasteiger partial charge in [0.15, 0.2) is 11.0 Å². The molecule has 1 aromatic heterocycles. The number of carbonyl (C=O) groups excluding carboxylic acids is 1. The van der Waals surface area contributed by atoms with Crippen molar-refractivity contribution in [2.24, 2.45) is 5.10 Å². The van der Waals surface area contributed by atoms with Crippen LogP contribution in [-0.4, -0.2) is 37.2 Å². The quantitative estimate of drug-likeness (QED) is 0.109. The van der Waals surface area contributed by atoms with E-state index in [0.717, 1.165) is 27.7 Å². The monoisotopic (exact) mass is 570 g/mol. The van der Waals surface area contributed by atoms with Gasteiger partial charge in [-0.25, -0.2) is 5.43 Å². The number of fused-ring (bicyclic) bond motifs is 1. The number of hydrogen-bond acceptors (Lipinski definition) is 7. The Morgan fingerprint density at radius 3 is 2.65 bits per heavy atom. The second-order valence-corrected chi connectivity index (χ2v) is 10.8. The van der Waals surface area contributed by atoms with Crippen LogP contribution in [0.4, 0.5) is 5.69 Å². The zero-order valence-corrected chi connectivity index (χ0v) is 23.4. The maximum atomic E-state index is 12.9. The van der Waals surface area contributed by atoms with Gasteiger partial charge < -0.3 is 10.4 Å². The number of aromatic nitrogens is 3. The van der Waals surface area contributed by atoms with E-state index in [1.165, 1.54) is 18.0 Å². The summed E-state index contributed by atoms with van der Waals surface area (Å²) >= 11 is 7.38. The Hall–Kier alpha value is -4.34. The fourth-order valence-electron chi connectivity index (χ4n) is 4.21. The number of halogens is 1. The third-order valence-electron chi connectivity index (χ3n) is 6.31. The summed E-state index contributed by atoms with van der Waals surface area (Å²) in [5.74, 6) is 0.477. The third kappa shape index (κ3) is 6.11. The average molecular weight is 571 g/mol. The lowest BCUT2D eigenvalue weighted by molar-refractivity contribution is -0.120. The summed E-state index contributed by atoms with van der Waals surface area (Å²) < 4.78 is 1.93. The minimum absolute atomic E-state index is 0.0880. The standard InChI is InChI=1S/C30H27ClN6O2S/c1-19-16-22(31)13-14-26(19)32-18-28-34-36-30(37(28)23-9-4-3-5-10-23)40-20(2)29(39)35-33-17-25-24-11-7-6-8-21(24)12-15-27(25)38/h3-17,20,32,38H,18H2,1-2H3,(H,35,39)/b33-17+. The van der Waals surface area contributed by atoms with E-state index in [1.54, 1.807) is 13.0 Å². The first-order valence-electron chi connectivity index (χ1n) is 12.6. The lowest BCUT2D eigenvalue weighted by atomic mass is 10.0. The smallest absolute Gasteiger partial charge is 0.253 e. The fraction of sp³-hybridized carbons (Fsp3) is 0.133. The molecule has 0 radical (unpaired) electrons. The van der Waals surface area contributed by atoms with Crippen molar-refractivity contribution in [3.8, 4) is 11.4 Å². The van der Waals surface area contributed by atoms with E-state index in [4.69, 9.17) is 11.6 Å². The number of phenolic OH excluding ortho intramolecular Hbond substituents is 1. The van der Waals surface area contributed by atoms with E-state index in [9.17, 15) is 9.90 Å². The molecule has 1 heterocycles. The Labute approximate surface area is 241 Å². The predicted octanol–water partition coefficient (Wildman–Crippen LogP) is 6.33. The molecule has 1 atom stereocenters. The lowest BCUT2D eigenvalue weighted by Crippen LogP contribution is -2.27. The molecule has 3 N–H and O–H groups in total. The van der Waals surface area contributed by atoms with Crippen molar-refractivity contribution in [1.29, 1.82) is 0 Å². The number of amides is 1. The number of aromatic hydroxyl groups is 1. The normalized spacial score (nSPS) is 12.1. The number of hydrogen-bond donors (Lipinski definition) is 3. The van der Waals surface area contributed by atoms with Crippen LogP contribution in [0.3, 0.4) is 0 Å². The number of nitrogens with one attached hydrogen (secondary N) is 2. The Morgan fingerprint density at radius 1 is 1.07 bits per heavy atom. The SMILES string of the molecule is Cc1cc(Cl)ccc1NCc1nnc(SC(C)C(=O)N/N=C/c2c(O)ccc3ccccc23)n1-c1ccccc1. The molecule has 8 nitrogen and oxygen atoms in total. The molecule has 5 aromatic rings. The number of hydrazone groups is 1. The number of aryl methyl sites for hydroxylation is 1. The molecule has 40 heavy (non-hydrogen) atoms. The first-order chi connectivity index (χ1) is 19.4. The summed E-state index contributed by atoms with van der Waals surface area (Å²) in [4.78, 5) is 12.9. The first-order valence-corrected chi connectivity index (χ1v) is 13.9. The Balaban J connectivity index is 1.32. The Kier molecular flexibility index (Phi) is 8.33. The molecule has 0 bridgehead atoms. The molecule has 4 aromatic carbocycles. The topological polar surface area (TPSA) is 104 Å². The molecule has 0 aliphatic rings. The van der Waals surface area contributed by atoms with Gasteiger partial charge in [-0.05, 0) is 66.6 Å². The van der Waals surface area contributed by atoms with Gasteiger partial charge in [0, 0.05) is 22.0 Å². The summed E-state index contributed by atoms with van der Waals surface area (Å²) in [5.41, 5.74) is 5.98. The molecule has 202 valence electrons. The zero-order chi connectivity index (χ0) is 28.1. The highest BCUT2D eigenvalue weighted by atomic mass is 35.5. The number of benzene rings is 4. The molecule has 0 saturated carbocycles. The van der Waals surface area contributed by atoms with Gasteiger partial charge >= 0.3 is 0 Å². The van der Waals surface area contributed by atoms with Gasteiger partial charge in [-0.3, -0.25) is 9.36 Å². The molecular formula is C30H27ClN6O2S. The fourth-order valence-corrected chi connectivity index (χ4v) is 5.32. The van der Waals surface area contributed by atoms with Crippen LogP contribution >= 0.6 is 23.4 Å². The van der Waals surface area contributed by atoms with Crippen LogP contribution in [0.15, 0.2) is 95.2 Å². The minimum atomic E-state index is -0.524. The van der Waals surface area contributed by atoms with E-state index >= 15 is 0 Å². The minimum Gasteiger partial charge on any atom is -0.507 e. The highest BCUT2D eigenvalue weighted by Gasteiger charge is 2.21. The maximum absolute atomic E-state index is 12.9. The molecule has 0 fully saturated rings. The molecule has 0 aliphatic carbocycles. The molecule has 1 unspecified atom stereocenters. The molecule has 0 aliphatic heterocycles. The van der Waals surface area contributed by atoms with E-state index in [-0.39, 0.29) is 11.7 Å². The summed E-state index contributed by atoms with van der Waals surface area (Å²) in [6.07, 6.45) is 1.46. The van der Waals surface area contributed by atoms with E-state index in [0.29, 0.717) is 28.1 Å². The summed E-state index contributed by atoms with van der Waals surface area (Å²) in [6.45, 7) is 4.19. The van der Waals surface area contributed by atoms with Gasteiger partial charge in [-0.2, -0.15) is 5.10 Å². The van der Waals surface area contributed by atoms with Crippen molar-refractivity contribution in [2.45, 2.75) is 30.8 Å². The van der Waals surface area contributed by atoms with Crippen molar-refractivity contribution < 1.29 is 9.90 Å². The second kappa shape index (κ2) is 12.2. The van der Waals surface area contributed by atoms with Crippen LogP contribution in [0, 0.1) is 6.92 Å². The molecule has 5 rings (SSSR count). The highest BCUT2D eigenvalue weighted by molar-refractivity contribution is 8.00. The Bertz CT molecular complexity index is 1690. The molecule has 10 heteroatoms. The number of anilines is 1. The van der Waals surface area contributed by atoms with Gasteiger partial charge in [-0.15, -0.1) is 10.2 Å². The predicted molar refractivity (Wildman–Crippen MR) is 162 cm³/mol. The van der Waals surface area contributed by atoms with Gasteiger partial charge in [0.2, 0.25) is 0 Å². The first kappa shape index (κ1) is 27.2. The maximum Gasteiger partial charge on any atom is 0.253 e. The number of rotatable bonds is 9. The van der Waals surface area contributed by atoms with Crippen molar-refractivity contribution in [3.05, 3.63) is 107 Å². The number of thioether (sulfide) groups is 1. The van der Waals surface area contributed by atoms with Crippen molar-refractivity contribution in [3.63, 3.8) is 0 Å². The van der Waals surface area contributed by atoms with Crippen LogP contribution < -0.4 is 10.7 Å². The Morgan fingerprint density at radius 2 is 1.85 bits per heavy atom. The summed E-state index contributed by atoms with van der Waals surface area (Å²) in [6, 6.07) is 26.5. The van der Waals surface area contributed by atoms with Gasteiger partial charge in [0.25, 0.3) is 5.91 Å². The van der Waals surface area contributed by atoms with E-state index in [1.807, 2.05) is 90.4 Å².